The molecule has 1 unspecified atom stereocenters. The van der Waals surface area contributed by atoms with Crippen molar-refractivity contribution in [3.05, 3.63) is 0 Å². The Morgan fingerprint density at radius 1 is 1.14 bits per heavy atom. The van der Waals surface area contributed by atoms with Crippen LogP contribution in [0.5, 0.6) is 0 Å². The van der Waals surface area contributed by atoms with E-state index in [9.17, 15) is 4.79 Å². The van der Waals surface area contributed by atoms with Crippen molar-refractivity contribution in [2.75, 3.05) is 32.9 Å². The van der Waals surface area contributed by atoms with Crippen molar-refractivity contribution in [3.8, 4) is 0 Å². The Bertz CT molecular complexity index is 272. The topological polar surface area (TPSA) is 59.6 Å². The molecule has 22 heavy (non-hydrogen) atoms. The van der Waals surface area contributed by atoms with Gasteiger partial charge in [-0.1, -0.05) is 25.7 Å². The van der Waals surface area contributed by atoms with Gasteiger partial charge in [-0.05, 0) is 26.7 Å². The van der Waals surface area contributed by atoms with Crippen molar-refractivity contribution < 1.29 is 14.3 Å². The highest BCUT2D eigenvalue weighted by molar-refractivity contribution is 5.85. The van der Waals surface area contributed by atoms with E-state index in [2.05, 4.69) is 10.6 Å². The Kier molecular flexibility index (Phi) is 14.0. The summed E-state index contributed by atoms with van der Waals surface area (Å²) in [6, 6.07) is 0.629. The lowest BCUT2D eigenvalue weighted by Crippen LogP contribution is -2.41. The molecule has 6 heteroatoms. The predicted molar refractivity (Wildman–Crippen MR) is 91.7 cm³/mol. The third kappa shape index (κ3) is 10.4. The van der Waals surface area contributed by atoms with Crippen molar-refractivity contribution in [2.24, 2.45) is 0 Å². The fourth-order valence-corrected chi connectivity index (χ4v) is 2.59. The quantitative estimate of drug-likeness (QED) is 0.474. The minimum Gasteiger partial charge on any atom is -0.379 e. The zero-order valence-electron chi connectivity index (χ0n) is 14.1. The highest BCUT2D eigenvalue weighted by Gasteiger charge is 2.13. The average molecular weight is 337 g/mol. The molecule has 0 spiro atoms. The number of hydrogen-bond donors (Lipinski definition) is 2. The highest BCUT2D eigenvalue weighted by atomic mass is 35.5. The van der Waals surface area contributed by atoms with Crippen LogP contribution in [0.15, 0.2) is 0 Å². The minimum atomic E-state index is -0.414. The fraction of sp³-hybridized carbons (Fsp3) is 0.938. The van der Waals surface area contributed by atoms with E-state index in [-0.39, 0.29) is 18.3 Å². The zero-order valence-corrected chi connectivity index (χ0v) is 14.9. The molecule has 1 atom stereocenters. The zero-order chi connectivity index (χ0) is 15.3. The smallest absolute Gasteiger partial charge is 0.248 e. The molecule has 0 aromatic heterocycles. The lowest BCUT2D eigenvalue weighted by molar-refractivity contribution is -0.132. The normalized spacial score (nSPS) is 17.4. The monoisotopic (exact) mass is 336 g/mol. The summed E-state index contributed by atoms with van der Waals surface area (Å²) < 4.78 is 10.6. The molecule has 132 valence electrons. The Morgan fingerprint density at radius 3 is 2.45 bits per heavy atom. The van der Waals surface area contributed by atoms with Gasteiger partial charge in [-0.2, -0.15) is 0 Å². The van der Waals surface area contributed by atoms with Crippen LogP contribution in [-0.4, -0.2) is 51.0 Å². The molecule has 1 fully saturated rings. The lowest BCUT2D eigenvalue weighted by Gasteiger charge is -2.17. The fourth-order valence-electron chi connectivity index (χ4n) is 2.59. The molecule has 0 heterocycles. The SMILES string of the molecule is CCOCCOC(C)C(=O)NCCNC1CCCCCC1.Cl. The van der Waals surface area contributed by atoms with E-state index in [1.165, 1.54) is 38.5 Å². The van der Waals surface area contributed by atoms with E-state index in [0.717, 1.165) is 6.54 Å². The maximum Gasteiger partial charge on any atom is 0.248 e. The van der Waals surface area contributed by atoms with Crippen molar-refractivity contribution in [1.29, 1.82) is 0 Å². The largest absolute Gasteiger partial charge is 0.379 e. The third-order valence-corrected chi connectivity index (χ3v) is 3.88. The summed E-state index contributed by atoms with van der Waals surface area (Å²) in [7, 11) is 0. The van der Waals surface area contributed by atoms with Gasteiger partial charge in [0.2, 0.25) is 5.91 Å². The molecular formula is C16H33ClN2O3. The van der Waals surface area contributed by atoms with Crippen LogP contribution in [0.1, 0.15) is 52.4 Å². The molecule has 0 aromatic carbocycles. The van der Waals surface area contributed by atoms with Gasteiger partial charge in [0.25, 0.3) is 0 Å². The highest BCUT2D eigenvalue weighted by Crippen LogP contribution is 2.16. The maximum atomic E-state index is 11.8. The molecular weight excluding hydrogens is 304 g/mol. The first-order valence-electron chi connectivity index (χ1n) is 8.44. The number of carbonyl (C=O) groups excluding carboxylic acids is 1. The van der Waals surface area contributed by atoms with Crippen LogP contribution in [0.3, 0.4) is 0 Å². The van der Waals surface area contributed by atoms with Crippen molar-refractivity contribution in [1.82, 2.24) is 10.6 Å². The third-order valence-electron chi connectivity index (χ3n) is 3.88. The van der Waals surface area contributed by atoms with E-state index in [1.54, 1.807) is 6.92 Å². The predicted octanol–water partition coefficient (Wildman–Crippen LogP) is 2.28. The first kappa shape index (κ1) is 21.6. The first-order chi connectivity index (χ1) is 10.2. The van der Waals surface area contributed by atoms with Gasteiger partial charge in [0.1, 0.15) is 6.10 Å². The number of carbonyl (C=O) groups is 1. The van der Waals surface area contributed by atoms with Gasteiger partial charge >= 0.3 is 0 Å². The second-order valence-corrected chi connectivity index (χ2v) is 5.64. The number of nitrogens with one attached hydrogen (secondary N) is 2. The van der Waals surface area contributed by atoms with E-state index < -0.39 is 6.10 Å². The van der Waals surface area contributed by atoms with Crippen molar-refractivity contribution in [3.63, 3.8) is 0 Å². The Balaban J connectivity index is 0.00000441. The van der Waals surface area contributed by atoms with Crippen LogP contribution in [-0.2, 0) is 14.3 Å². The van der Waals surface area contributed by atoms with Gasteiger partial charge in [-0.25, -0.2) is 0 Å². The maximum absolute atomic E-state index is 11.8. The van der Waals surface area contributed by atoms with Crippen LogP contribution in [0.25, 0.3) is 0 Å². The summed E-state index contributed by atoms with van der Waals surface area (Å²) >= 11 is 0. The van der Waals surface area contributed by atoms with Gasteiger partial charge in [0.15, 0.2) is 0 Å². The Labute approximate surface area is 141 Å². The van der Waals surface area contributed by atoms with Crippen molar-refractivity contribution in [2.45, 2.75) is 64.5 Å². The summed E-state index contributed by atoms with van der Waals surface area (Å²) in [5.74, 6) is -0.0471. The van der Waals surface area contributed by atoms with Crippen LogP contribution in [0.2, 0.25) is 0 Å². The second-order valence-electron chi connectivity index (χ2n) is 5.64. The molecule has 0 saturated heterocycles. The van der Waals surface area contributed by atoms with Gasteiger partial charge in [-0.3, -0.25) is 4.79 Å². The molecule has 5 nitrogen and oxygen atoms in total. The molecule has 1 rings (SSSR count). The number of hydrogen-bond acceptors (Lipinski definition) is 4. The summed E-state index contributed by atoms with van der Waals surface area (Å²) in [4.78, 5) is 11.8. The number of halogens is 1. The summed E-state index contributed by atoms with van der Waals surface area (Å²) in [6.45, 7) is 6.89. The molecule has 1 aliphatic rings. The minimum absolute atomic E-state index is 0. The second kappa shape index (κ2) is 14.2. The molecule has 0 bridgehead atoms. The van der Waals surface area contributed by atoms with E-state index in [0.29, 0.717) is 32.4 Å². The van der Waals surface area contributed by atoms with Gasteiger partial charge in [0, 0.05) is 25.7 Å². The summed E-state index contributed by atoms with van der Waals surface area (Å²) in [5, 5.41) is 6.45. The van der Waals surface area contributed by atoms with E-state index in [4.69, 9.17) is 9.47 Å². The molecule has 0 radical (unpaired) electrons. The van der Waals surface area contributed by atoms with Gasteiger partial charge in [-0.15, -0.1) is 12.4 Å². The number of rotatable bonds is 10. The Morgan fingerprint density at radius 2 is 1.82 bits per heavy atom. The molecule has 0 aliphatic heterocycles. The van der Waals surface area contributed by atoms with Gasteiger partial charge in [0.05, 0.1) is 13.2 Å². The average Bonchev–Trinajstić information content (AvgIpc) is 2.76. The van der Waals surface area contributed by atoms with Gasteiger partial charge < -0.3 is 20.1 Å². The first-order valence-corrected chi connectivity index (χ1v) is 8.44. The molecule has 1 amide bonds. The summed E-state index contributed by atoms with van der Waals surface area (Å²) in [5.41, 5.74) is 0. The van der Waals surface area contributed by atoms with E-state index >= 15 is 0 Å². The molecule has 1 saturated carbocycles. The van der Waals surface area contributed by atoms with Crippen molar-refractivity contribution >= 4 is 18.3 Å². The van der Waals surface area contributed by atoms with Crippen LogP contribution >= 0.6 is 12.4 Å². The number of amides is 1. The lowest BCUT2D eigenvalue weighted by atomic mass is 10.1. The van der Waals surface area contributed by atoms with Crippen LogP contribution in [0, 0.1) is 0 Å². The Hall–Kier alpha value is -0.360. The molecule has 0 aromatic rings. The molecule has 2 N–H and O–H groups in total. The molecule has 1 aliphatic carbocycles. The van der Waals surface area contributed by atoms with Crippen LogP contribution in [0.4, 0.5) is 0 Å². The summed E-state index contributed by atoms with van der Waals surface area (Å²) in [6.07, 6.45) is 7.51. The number of ether oxygens (including phenoxy) is 2. The van der Waals surface area contributed by atoms with E-state index in [1.807, 2.05) is 6.92 Å². The standard InChI is InChI=1S/C16H32N2O3.ClH/c1-3-20-12-13-21-14(2)16(19)18-11-10-17-15-8-6-4-5-7-9-15;/h14-15,17H,3-13H2,1-2H3,(H,18,19);1H. The van der Waals surface area contributed by atoms with Crippen LogP contribution < -0.4 is 10.6 Å².